The third-order valence-corrected chi connectivity index (χ3v) is 2.57. The molecule has 2 aromatic rings. The van der Waals surface area contributed by atoms with Gasteiger partial charge in [0.2, 0.25) is 5.91 Å². The highest BCUT2D eigenvalue weighted by atomic mass is 16.1. The van der Waals surface area contributed by atoms with Crippen LogP contribution in [0.5, 0.6) is 0 Å². The molecule has 2 rings (SSSR count). The van der Waals surface area contributed by atoms with Crippen molar-refractivity contribution in [2.24, 2.45) is 0 Å². The number of nitrogens with zero attached hydrogens (tertiary/aromatic N) is 1. The second-order valence-electron chi connectivity index (χ2n) is 3.86. The van der Waals surface area contributed by atoms with E-state index in [4.69, 9.17) is 0 Å². The molecule has 0 aliphatic heterocycles. The van der Waals surface area contributed by atoms with Crippen molar-refractivity contribution in [3.63, 3.8) is 0 Å². The number of carbonyl (C=O) groups excluding carboxylic acids is 1. The zero-order valence-electron chi connectivity index (χ0n) is 10.1. The Kier molecular flexibility index (Phi) is 3.57. The van der Waals surface area contributed by atoms with E-state index in [1.807, 2.05) is 0 Å². The molecule has 1 N–H and O–H groups in total. The minimum Gasteiger partial charge on any atom is -0.326 e. The van der Waals surface area contributed by atoms with Gasteiger partial charge in [0, 0.05) is 30.1 Å². The van der Waals surface area contributed by atoms with E-state index in [2.05, 4.69) is 5.32 Å². The highest BCUT2D eigenvalue weighted by molar-refractivity contribution is 5.90. The molecule has 92 valence electrons. The van der Waals surface area contributed by atoms with Crippen LogP contribution in [-0.4, -0.2) is 10.5 Å². The SMILES string of the molecule is CCC(=O)Nc1ccc(-n2ccccc2=O)cc1. The number of anilines is 1. The van der Waals surface area contributed by atoms with Crippen molar-refractivity contribution < 1.29 is 4.79 Å². The van der Waals surface area contributed by atoms with E-state index in [0.29, 0.717) is 6.42 Å². The molecule has 1 heterocycles. The normalized spacial score (nSPS) is 10.1. The van der Waals surface area contributed by atoms with Crippen molar-refractivity contribution in [1.82, 2.24) is 4.57 Å². The van der Waals surface area contributed by atoms with Gasteiger partial charge in [-0.3, -0.25) is 14.2 Å². The summed E-state index contributed by atoms with van der Waals surface area (Å²) in [4.78, 5) is 22.8. The summed E-state index contributed by atoms with van der Waals surface area (Å²) in [6, 6.07) is 12.2. The predicted octanol–water partition coefficient (Wildman–Crippen LogP) is 2.19. The zero-order chi connectivity index (χ0) is 13.0. The van der Waals surface area contributed by atoms with Crippen LogP contribution in [0.2, 0.25) is 0 Å². The lowest BCUT2D eigenvalue weighted by Gasteiger charge is -2.07. The van der Waals surface area contributed by atoms with E-state index < -0.39 is 0 Å². The highest BCUT2D eigenvalue weighted by Crippen LogP contribution is 2.12. The van der Waals surface area contributed by atoms with Gasteiger partial charge in [0.15, 0.2) is 0 Å². The fourth-order valence-corrected chi connectivity index (χ4v) is 1.60. The summed E-state index contributed by atoms with van der Waals surface area (Å²) >= 11 is 0. The number of amides is 1. The van der Waals surface area contributed by atoms with E-state index >= 15 is 0 Å². The molecule has 1 aromatic carbocycles. The van der Waals surface area contributed by atoms with Crippen LogP contribution in [0.1, 0.15) is 13.3 Å². The van der Waals surface area contributed by atoms with Crippen LogP contribution in [0.4, 0.5) is 5.69 Å². The third kappa shape index (κ3) is 2.66. The molecule has 18 heavy (non-hydrogen) atoms. The number of hydrogen-bond acceptors (Lipinski definition) is 2. The van der Waals surface area contributed by atoms with Crippen molar-refractivity contribution in [3.8, 4) is 5.69 Å². The van der Waals surface area contributed by atoms with Crippen molar-refractivity contribution in [2.75, 3.05) is 5.32 Å². The summed E-state index contributed by atoms with van der Waals surface area (Å²) in [6.07, 6.45) is 2.15. The molecule has 1 aromatic heterocycles. The molecule has 0 aliphatic carbocycles. The lowest BCUT2D eigenvalue weighted by molar-refractivity contribution is -0.115. The second kappa shape index (κ2) is 5.31. The average Bonchev–Trinajstić information content (AvgIpc) is 2.40. The van der Waals surface area contributed by atoms with E-state index in [1.165, 1.54) is 6.07 Å². The Bertz CT molecular complexity index is 600. The molecule has 0 bridgehead atoms. The van der Waals surface area contributed by atoms with E-state index in [9.17, 15) is 9.59 Å². The van der Waals surface area contributed by atoms with Gasteiger partial charge >= 0.3 is 0 Å². The molecule has 0 fully saturated rings. The van der Waals surface area contributed by atoms with E-state index in [1.54, 1.807) is 54.1 Å². The van der Waals surface area contributed by atoms with Crippen LogP contribution in [0, 0.1) is 0 Å². The summed E-state index contributed by atoms with van der Waals surface area (Å²) < 4.78 is 1.55. The number of rotatable bonds is 3. The van der Waals surface area contributed by atoms with Crippen LogP contribution in [-0.2, 0) is 4.79 Å². The highest BCUT2D eigenvalue weighted by Gasteiger charge is 2.00. The molecular weight excluding hydrogens is 228 g/mol. The van der Waals surface area contributed by atoms with Gasteiger partial charge in [-0.1, -0.05) is 13.0 Å². The van der Waals surface area contributed by atoms with Gasteiger partial charge in [-0.25, -0.2) is 0 Å². The van der Waals surface area contributed by atoms with Crippen LogP contribution in [0.25, 0.3) is 5.69 Å². The molecule has 0 atom stereocenters. The first-order valence-electron chi connectivity index (χ1n) is 5.78. The Balaban J connectivity index is 2.25. The number of hydrogen-bond donors (Lipinski definition) is 1. The van der Waals surface area contributed by atoms with Crippen molar-refractivity contribution >= 4 is 11.6 Å². The van der Waals surface area contributed by atoms with E-state index in [0.717, 1.165) is 11.4 Å². The van der Waals surface area contributed by atoms with Gasteiger partial charge in [-0.2, -0.15) is 0 Å². The molecule has 0 unspecified atom stereocenters. The fraction of sp³-hybridized carbons (Fsp3) is 0.143. The maximum Gasteiger partial charge on any atom is 0.255 e. The number of pyridine rings is 1. The second-order valence-corrected chi connectivity index (χ2v) is 3.86. The monoisotopic (exact) mass is 242 g/mol. The summed E-state index contributed by atoms with van der Waals surface area (Å²) in [5.74, 6) is -0.0281. The quantitative estimate of drug-likeness (QED) is 0.896. The average molecular weight is 242 g/mol. The number of carbonyl (C=O) groups is 1. The smallest absolute Gasteiger partial charge is 0.255 e. The fourth-order valence-electron chi connectivity index (χ4n) is 1.60. The number of benzene rings is 1. The summed E-state index contributed by atoms with van der Waals surface area (Å²) in [5, 5.41) is 2.76. The van der Waals surface area contributed by atoms with Gasteiger partial charge in [-0.05, 0) is 30.3 Å². The van der Waals surface area contributed by atoms with Crippen molar-refractivity contribution in [1.29, 1.82) is 0 Å². The van der Waals surface area contributed by atoms with Crippen LogP contribution in [0.15, 0.2) is 53.5 Å². The maximum atomic E-state index is 11.6. The largest absolute Gasteiger partial charge is 0.326 e. The molecular formula is C14H14N2O2. The topological polar surface area (TPSA) is 51.1 Å². The molecule has 4 nitrogen and oxygen atoms in total. The number of nitrogens with one attached hydrogen (secondary N) is 1. The van der Waals surface area contributed by atoms with Crippen molar-refractivity contribution in [2.45, 2.75) is 13.3 Å². The Morgan fingerprint density at radius 2 is 1.89 bits per heavy atom. The molecule has 4 heteroatoms. The lowest BCUT2D eigenvalue weighted by Crippen LogP contribution is -2.15. The van der Waals surface area contributed by atoms with Gasteiger partial charge < -0.3 is 5.32 Å². The molecule has 0 saturated heterocycles. The van der Waals surface area contributed by atoms with Crippen molar-refractivity contribution in [3.05, 3.63) is 59.0 Å². The Morgan fingerprint density at radius 3 is 2.50 bits per heavy atom. The maximum absolute atomic E-state index is 11.6. The first-order valence-corrected chi connectivity index (χ1v) is 5.78. The molecule has 0 aliphatic rings. The Labute approximate surface area is 105 Å². The van der Waals surface area contributed by atoms with Gasteiger partial charge in [0.05, 0.1) is 0 Å². The summed E-state index contributed by atoms with van der Waals surface area (Å²) in [5.41, 5.74) is 1.42. The van der Waals surface area contributed by atoms with Gasteiger partial charge in [0.1, 0.15) is 0 Å². The summed E-state index contributed by atoms with van der Waals surface area (Å²) in [6.45, 7) is 1.80. The lowest BCUT2D eigenvalue weighted by atomic mass is 10.2. The van der Waals surface area contributed by atoms with Gasteiger partial charge in [0.25, 0.3) is 5.56 Å². The standard InChI is InChI=1S/C14H14N2O2/c1-2-13(17)15-11-6-8-12(9-7-11)16-10-4-3-5-14(16)18/h3-10H,2H2,1H3,(H,15,17). The summed E-state index contributed by atoms with van der Waals surface area (Å²) in [7, 11) is 0. The minimum absolute atomic E-state index is 0.0281. The molecule has 1 amide bonds. The Hall–Kier alpha value is -2.36. The third-order valence-electron chi connectivity index (χ3n) is 2.57. The minimum atomic E-state index is -0.0807. The number of aromatic nitrogens is 1. The Morgan fingerprint density at radius 1 is 1.17 bits per heavy atom. The predicted molar refractivity (Wildman–Crippen MR) is 71.0 cm³/mol. The first-order chi connectivity index (χ1) is 8.70. The van der Waals surface area contributed by atoms with Crippen LogP contribution < -0.4 is 10.9 Å². The molecule has 0 radical (unpaired) electrons. The molecule has 0 spiro atoms. The first kappa shape index (κ1) is 12.1. The molecule has 0 saturated carbocycles. The van der Waals surface area contributed by atoms with Gasteiger partial charge in [-0.15, -0.1) is 0 Å². The zero-order valence-corrected chi connectivity index (χ0v) is 10.1. The van der Waals surface area contributed by atoms with Crippen LogP contribution in [0.3, 0.4) is 0 Å². The van der Waals surface area contributed by atoms with Crippen LogP contribution >= 0.6 is 0 Å². The van der Waals surface area contributed by atoms with E-state index in [-0.39, 0.29) is 11.5 Å².